The van der Waals surface area contributed by atoms with Crippen LogP contribution >= 0.6 is 0 Å². The highest BCUT2D eigenvalue weighted by molar-refractivity contribution is 5.63. The molecule has 0 spiro atoms. The highest BCUT2D eigenvalue weighted by Crippen LogP contribution is 2.31. The smallest absolute Gasteiger partial charge is 0.229 e. The Morgan fingerprint density at radius 3 is 2.42 bits per heavy atom. The third kappa shape index (κ3) is 3.85. The van der Waals surface area contributed by atoms with Crippen molar-refractivity contribution in [3.63, 3.8) is 0 Å². The van der Waals surface area contributed by atoms with Crippen LogP contribution in [0.2, 0.25) is 0 Å². The fourth-order valence-electron chi connectivity index (χ4n) is 2.69. The molecule has 1 aromatic heterocycles. The van der Waals surface area contributed by atoms with Crippen LogP contribution in [0.4, 0.5) is 23.1 Å². The van der Waals surface area contributed by atoms with Crippen LogP contribution in [0.15, 0.2) is 60.8 Å². The van der Waals surface area contributed by atoms with Gasteiger partial charge in [-0.1, -0.05) is 18.2 Å². The van der Waals surface area contributed by atoms with E-state index in [1.165, 1.54) is 0 Å². The molecule has 1 heterocycles. The molecular weight excluding hydrogens is 328 g/mol. The largest absolute Gasteiger partial charge is 0.493 e. The Hall–Kier alpha value is -3.28. The van der Waals surface area contributed by atoms with Crippen LogP contribution in [0.3, 0.4) is 0 Å². The van der Waals surface area contributed by atoms with Gasteiger partial charge in [0, 0.05) is 30.2 Å². The molecule has 3 aromatic rings. The molecular formula is C20H22N4O2. The number of hydrogen-bond donors (Lipinski definition) is 1. The normalized spacial score (nSPS) is 10.3. The number of anilines is 4. The van der Waals surface area contributed by atoms with Gasteiger partial charge in [0.15, 0.2) is 11.5 Å². The van der Waals surface area contributed by atoms with Crippen LogP contribution in [0.25, 0.3) is 0 Å². The molecule has 0 saturated heterocycles. The van der Waals surface area contributed by atoms with Crippen LogP contribution in [0.5, 0.6) is 11.5 Å². The van der Waals surface area contributed by atoms with Gasteiger partial charge in [0.25, 0.3) is 0 Å². The van der Waals surface area contributed by atoms with E-state index in [0.717, 1.165) is 23.7 Å². The van der Waals surface area contributed by atoms with E-state index < -0.39 is 0 Å². The van der Waals surface area contributed by atoms with Crippen molar-refractivity contribution >= 4 is 23.1 Å². The van der Waals surface area contributed by atoms with Crippen molar-refractivity contribution in [2.45, 2.75) is 6.92 Å². The van der Waals surface area contributed by atoms with Crippen molar-refractivity contribution in [3.05, 3.63) is 60.8 Å². The summed E-state index contributed by atoms with van der Waals surface area (Å²) in [5, 5.41) is 3.22. The van der Waals surface area contributed by atoms with E-state index in [4.69, 9.17) is 9.47 Å². The standard InChI is InChI=1S/C20H22N4O2/c1-4-24(16-8-6-5-7-9-16)19-12-13-21-20(23-19)22-15-10-11-17(25-2)18(14-15)26-3/h5-14H,4H2,1-3H3,(H,21,22,23). The summed E-state index contributed by atoms with van der Waals surface area (Å²) in [5.74, 6) is 2.67. The fourth-order valence-corrected chi connectivity index (χ4v) is 2.69. The lowest BCUT2D eigenvalue weighted by molar-refractivity contribution is 0.355. The first kappa shape index (κ1) is 17.5. The number of nitrogens with zero attached hydrogens (tertiary/aromatic N) is 3. The number of nitrogens with one attached hydrogen (secondary N) is 1. The van der Waals surface area contributed by atoms with Crippen molar-refractivity contribution in [1.82, 2.24) is 9.97 Å². The lowest BCUT2D eigenvalue weighted by Crippen LogP contribution is -2.17. The molecule has 6 heteroatoms. The lowest BCUT2D eigenvalue weighted by Gasteiger charge is -2.22. The van der Waals surface area contributed by atoms with E-state index in [0.29, 0.717) is 17.4 Å². The molecule has 0 aliphatic rings. The zero-order valence-corrected chi connectivity index (χ0v) is 15.1. The summed E-state index contributed by atoms with van der Waals surface area (Å²) < 4.78 is 10.6. The molecule has 26 heavy (non-hydrogen) atoms. The van der Waals surface area contributed by atoms with Crippen LogP contribution in [-0.2, 0) is 0 Å². The zero-order valence-electron chi connectivity index (χ0n) is 15.1. The van der Waals surface area contributed by atoms with Crippen molar-refractivity contribution in [2.24, 2.45) is 0 Å². The van der Waals surface area contributed by atoms with E-state index in [-0.39, 0.29) is 0 Å². The summed E-state index contributed by atoms with van der Waals surface area (Å²) in [6.45, 7) is 2.90. The average Bonchev–Trinajstić information content (AvgIpc) is 2.69. The molecule has 6 nitrogen and oxygen atoms in total. The monoisotopic (exact) mass is 350 g/mol. The van der Waals surface area contributed by atoms with E-state index in [1.54, 1.807) is 20.4 Å². The third-order valence-electron chi connectivity index (χ3n) is 3.94. The summed E-state index contributed by atoms with van der Waals surface area (Å²) in [5.41, 5.74) is 1.91. The number of para-hydroxylation sites is 1. The van der Waals surface area contributed by atoms with Gasteiger partial charge in [0.1, 0.15) is 5.82 Å². The molecule has 3 rings (SSSR count). The van der Waals surface area contributed by atoms with Gasteiger partial charge in [-0.3, -0.25) is 0 Å². The first-order valence-corrected chi connectivity index (χ1v) is 8.40. The third-order valence-corrected chi connectivity index (χ3v) is 3.94. The topological polar surface area (TPSA) is 59.5 Å². The molecule has 0 unspecified atom stereocenters. The highest BCUT2D eigenvalue weighted by atomic mass is 16.5. The molecule has 0 atom stereocenters. The van der Waals surface area contributed by atoms with Gasteiger partial charge in [-0.25, -0.2) is 4.98 Å². The van der Waals surface area contributed by atoms with Crippen molar-refractivity contribution < 1.29 is 9.47 Å². The summed E-state index contributed by atoms with van der Waals surface area (Å²) in [6.07, 6.45) is 1.75. The minimum Gasteiger partial charge on any atom is -0.493 e. The van der Waals surface area contributed by atoms with Crippen molar-refractivity contribution in [2.75, 3.05) is 31.0 Å². The second-order valence-corrected chi connectivity index (χ2v) is 5.51. The summed E-state index contributed by atoms with van der Waals surface area (Å²) in [4.78, 5) is 11.1. The molecule has 0 radical (unpaired) electrons. The molecule has 0 saturated carbocycles. The van der Waals surface area contributed by atoms with Crippen LogP contribution in [-0.4, -0.2) is 30.7 Å². The maximum atomic E-state index is 5.34. The Morgan fingerprint density at radius 1 is 0.962 bits per heavy atom. The summed E-state index contributed by atoms with van der Waals surface area (Å²) >= 11 is 0. The van der Waals surface area contributed by atoms with Crippen molar-refractivity contribution in [1.29, 1.82) is 0 Å². The molecule has 0 bridgehead atoms. The average molecular weight is 350 g/mol. The van der Waals surface area contributed by atoms with E-state index in [9.17, 15) is 0 Å². The predicted octanol–water partition coefficient (Wildman–Crippen LogP) is 4.40. The van der Waals surface area contributed by atoms with Crippen molar-refractivity contribution in [3.8, 4) is 11.5 Å². The van der Waals surface area contributed by atoms with Gasteiger partial charge in [-0.15, -0.1) is 0 Å². The van der Waals surface area contributed by atoms with E-state index in [1.807, 2.05) is 42.5 Å². The minimum absolute atomic E-state index is 0.518. The molecule has 0 aliphatic carbocycles. The zero-order chi connectivity index (χ0) is 18.4. The highest BCUT2D eigenvalue weighted by Gasteiger charge is 2.10. The predicted molar refractivity (Wildman–Crippen MR) is 104 cm³/mol. The number of methoxy groups -OCH3 is 2. The minimum atomic E-state index is 0.518. The Bertz CT molecular complexity index is 855. The first-order chi connectivity index (χ1) is 12.7. The maximum absolute atomic E-state index is 5.34. The number of aromatic nitrogens is 2. The SMILES string of the molecule is CCN(c1ccccc1)c1ccnc(Nc2ccc(OC)c(OC)c2)n1. The first-order valence-electron chi connectivity index (χ1n) is 8.40. The van der Waals surface area contributed by atoms with Crippen LogP contribution < -0.4 is 19.7 Å². The fraction of sp³-hybridized carbons (Fsp3) is 0.200. The van der Waals surface area contributed by atoms with Gasteiger partial charge in [0.2, 0.25) is 5.95 Å². The molecule has 134 valence electrons. The Balaban J connectivity index is 1.85. The second-order valence-electron chi connectivity index (χ2n) is 5.51. The molecule has 1 N–H and O–H groups in total. The van der Waals surface area contributed by atoms with Gasteiger partial charge in [0.05, 0.1) is 14.2 Å². The second kappa shape index (κ2) is 8.20. The van der Waals surface area contributed by atoms with Gasteiger partial charge < -0.3 is 19.7 Å². The number of rotatable bonds is 7. The Morgan fingerprint density at radius 2 is 1.73 bits per heavy atom. The number of benzene rings is 2. The number of ether oxygens (including phenoxy) is 2. The van der Waals surface area contributed by atoms with E-state index in [2.05, 4.69) is 39.2 Å². The number of hydrogen-bond acceptors (Lipinski definition) is 6. The van der Waals surface area contributed by atoms with Gasteiger partial charge in [-0.05, 0) is 37.3 Å². The Labute approximate surface area is 153 Å². The molecule has 0 aliphatic heterocycles. The van der Waals surface area contributed by atoms with Gasteiger partial charge >= 0.3 is 0 Å². The molecule has 2 aromatic carbocycles. The summed E-state index contributed by atoms with van der Waals surface area (Å²) in [7, 11) is 3.22. The van der Waals surface area contributed by atoms with Gasteiger partial charge in [-0.2, -0.15) is 4.98 Å². The van der Waals surface area contributed by atoms with E-state index >= 15 is 0 Å². The summed E-state index contributed by atoms with van der Waals surface area (Å²) in [6, 6.07) is 17.6. The van der Waals surface area contributed by atoms with Crippen LogP contribution in [0.1, 0.15) is 6.92 Å². The Kier molecular flexibility index (Phi) is 5.53. The lowest BCUT2D eigenvalue weighted by atomic mass is 10.2. The van der Waals surface area contributed by atoms with Crippen LogP contribution in [0, 0.1) is 0 Å². The quantitative estimate of drug-likeness (QED) is 0.682. The maximum Gasteiger partial charge on any atom is 0.229 e. The molecule has 0 fully saturated rings. The molecule has 0 amide bonds.